The van der Waals surface area contributed by atoms with E-state index in [1.54, 1.807) is 5.92 Å². The molecule has 0 spiro atoms. The Morgan fingerprint density at radius 3 is 2.51 bits per heavy atom. The van der Waals surface area contributed by atoms with Crippen LogP contribution in [0.4, 0.5) is 4.39 Å². The van der Waals surface area contributed by atoms with Crippen molar-refractivity contribution in [1.29, 1.82) is 0 Å². The molecule has 232 valence electrons. The van der Waals surface area contributed by atoms with Crippen LogP contribution in [0.15, 0.2) is 21.9 Å². The number of halogens is 1. The number of hydrogen-bond donors (Lipinski definition) is 9. The zero-order chi connectivity index (χ0) is 30.9. The van der Waals surface area contributed by atoms with Gasteiger partial charge < -0.3 is 45.0 Å². The molecule has 1 aromatic rings. The van der Waals surface area contributed by atoms with Gasteiger partial charge in [0.15, 0.2) is 12.5 Å². The molecule has 0 aromatic carbocycles. The Morgan fingerprint density at radius 2 is 1.93 bits per heavy atom. The molecule has 0 aliphatic carbocycles. The molecule has 12 atom stereocenters. The first-order chi connectivity index (χ1) is 19.0. The Labute approximate surface area is 234 Å². The first-order valence-electron chi connectivity index (χ1n) is 11.4. The van der Waals surface area contributed by atoms with Gasteiger partial charge in [0.1, 0.15) is 24.4 Å². The van der Waals surface area contributed by atoms with Gasteiger partial charge in [0, 0.05) is 18.2 Å². The van der Waals surface area contributed by atoms with E-state index in [0.717, 1.165) is 12.3 Å². The fraction of sp³-hybridized carbons (Fsp3) is 0.684. The Hall–Kier alpha value is -1.50. The molecular weight excluding hydrogens is 625 g/mol. The predicted octanol–water partition coefficient (Wildman–Crippen LogP) is -3.27. The van der Waals surface area contributed by atoms with E-state index >= 15 is 4.39 Å². The number of H-pyrrole nitrogens is 1. The van der Waals surface area contributed by atoms with E-state index in [9.17, 15) is 49.1 Å². The molecule has 0 bridgehead atoms. The Morgan fingerprint density at radius 1 is 1.27 bits per heavy atom. The third-order valence-corrected chi connectivity index (χ3v) is 9.77. The second-order valence-corrected chi connectivity index (χ2v) is 13.4. The molecule has 7 unspecified atom stereocenters. The minimum Gasteiger partial charge on any atom is -0.394 e. The maximum atomic E-state index is 15.4. The molecule has 3 rings (SSSR count). The summed E-state index contributed by atoms with van der Waals surface area (Å²) in [5.41, 5.74) is -5.05. The SMILES string of the molecule is C#C[C@@]1(F)[C@H](O)[C@@H](COP(=O)(S)OP(=O)(O)OC2OCC([C@@H](O)CO)C(O)C(O)C2O)O[C@H]1n1ccc(=O)[nH]c1=O. The van der Waals surface area contributed by atoms with Gasteiger partial charge in [-0.05, 0) is 0 Å². The molecule has 2 fully saturated rings. The number of phosphoric ester groups is 1. The first-order valence-corrected chi connectivity index (χ1v) is 15.6. The molecule has 8 N–H and O–H groups in total. The van der Waals surface area contributed by atoms with Gasteiger partial charge in [-0.2, -0.15) is 4.31 Å². The third kappa shape index (κ3) is 7.54. The van der Waals surface area contributed by atoms with Crippen LogP contribution in [0, 0.1) is 18.3 Å². The van der Waals surface area contributed by atoms with Crippen molar-refractivity contribution < 1.29 is 71.9 Å². The van der Waals surface area contributed by atoms with E-state index in [1.807, 2.05) is 4.98 Å². The quantitative estimate of drug-likeness (QED) is 0.0681. The second kappa shape index (κ2) is 13.0. The van der Waals surface area contributed by atoms with E-state index in [1.165, 1.54) is 0 Å². The fourth-order valence-corrected chi connectivity index (χ4v) is 7.18. The lowest BCUT2D eigenvalue weighted by Crippen LogP contribution is -2.47. The van der Waals surface area contributed by atoms with Crippen LogP contribution in [0.2, 0.25) is 0 Å². The number of thiol groups is 1. The summed E-state index contributed by atoms with van der Waals surface area (Å²) < 4.78 is 65.1. The lowest BCUT2D eigenvalue weighted by Gasteiger charge is -2.28. The number of ether oxygens (including phenoxy) is 2. The van der Waals surface area contributed by atoms with Crippen LogP contribution in [0.5, 0.6) is 0 Å². The predicted molar refractivity (Wildman–Crippen MR) is 133 cm³/mol. The fourth-order valence-electron chi connectivity index (χ4n) is 3.98. The van der Waals surface area contributed by atoms with Crippen LogP contribution < -0.4 is 11.2 Å². The zero-order valence-corrected chi connectivity index (χ0v) is 23.2. The molecule has 0 radical (unpaired) electrons. The van der Waals surface area contributed by atoms with Crippen molar-refractivity contribution in [3.63, 3.8) is 0 Å². The number of rotatable bonds is 10. The number of nitrogens with one attached hydrogen (secondary N) is 1. The van der Waals surface area contributed by atoms with Crippen LogP contribution in [0.1, 0.15) is 6.23 Å². The lowest BCUT2D eigenvalue weighted by molar-refractivity contribution is -0.173. The molecule has 2 aliphatic heterocycles. The second-order valence-electron chi connectivity index (χ2n) is 8.91. The molecule has 22 heteroatoms. The number of phosphoric acid groups is 1. The van der Waals surface area contributed by atoms with Crippen molar-refractivity contribution in [3.8, 4) is 12.3 Å². The average Bonchev–Trinajstić information content (AvgIpc) is 3.09. The number of aliphatic hydroxyl groups is 6. The van der Waals surface area contributed by atoms with Gasteiger partial charge in [-0.15, -0.1) is 6.42 Å². The standard InChI is InChI=1S/C19H27FN2O16P2S/c1-2-19(20)15(29)10(36-17(19)22-4-3-11(25)21-18(22)30)7-35-40(33,41)38-39(31,32)37-16-14(28)13(27)12(26)8(6-34-16)9(24)5-23/h1,3-4,8-10,12-17,23-24,26-29H,5-7H2,(H,31,32)(H,33,41)(H,21,25,30)/t8?,9-,10+,12?,13?,14?,15+,16?,17+,19+,40?/m0/s1. The summed E-state index contributed by atoms with van der Waals surface area (Å²) in [6.07, 6.45) is -10.0. The van der Waals surface area contributed by atoms with Crippen molar-refractivity contribution in [2.24, 2.45) is 5.92 Å². The van der Waals surface area contributed by atoms with Gasteiger partial charge in [0.25, 0.3) is 5.56 Å². The highest BCUT2D eigenvalue weighted by atomic mass is 32.7. The number of aromatic amines is 1. The molecular formula is C19H27FN2O16P2S. The number of alkyl halides is 1. The van der Waals surface area contributed by atoms with E-state index in [2.05, 4.69) is 21.1 Å². The minimum absolute atomic E-state index is 0.532. The molecule has 2 saturated heterocycles. The summed E-state index contributed by atoms with van der Waals surface area (Å²) in [4.78, 5) is 35.3. The summed E-state index contributed by atoms with van der Waals surface area (Å²) >= 11 is 3.50. The highest BCUT2D eigenvalue weighted by Crippen LogP contribution is 2.66. The van der Waals surface area contributed by atoms with E-state index in [-0.39, 0.29) is 0 Å². The Bertz CT molecular complexity index is 1340. The Balaban J connectivity index is 1.68. The van der Waals surface area contributed by atoms with Crippen molar-refractivity contribution >= 4 is 26.9 Å². The van der Waals surface area contributed by atoms with Crippen LogP contribution in [0.3, 0.4) is 0 Å². The number of nitrogens with zero attached hydrogens (tertiary/aromatic N) is 1. The van der Waals surface area contributed by atoms with Gasteiger partial charge in [-0.25, -0.2) is 18.3 Å². The third-order valence-electron chi connectivity index (χ3n) is 6.17. The molecule has 2 aliphatic rings. The minimum atomic E-state index is -5.56. The highest BCUT2D eigenvalue weighted by molar-refractivity contribution is 8.45. The zero-order valence-electron chi connectivity index (χ0n) is 20.5. The van der Waals surface area contributed by atoms with Crippen LogP contribution in [0.25, 0.3) is 0 Å². The maximum Gasteiger partial charge on any atom is 0.482 e. The topological polar surface area (TPSA) is 277 Å². The van der Waals surface area contributed by atoms with Gasteiger partial charge in [0.05, 0.1) is 32.0 Å². The first kappa shape index (κ1) is 34.0. The van der Waals surface area contributed by atoms with Gasteiger partial charge in [-0.1, -0.05) is 18.2 Å². The molecule has 3 heterocycles. The van der Waals surface area contributed by atoms with E-state index < -0.39 is 106 Å². The molecule has 1 aromatic heterocycles. The smallest absolute Gasteiger partial charge is 0.394 e. The molecule has 18 nitrogen and oxygen atoms in total. The molecule has 41 heavy (non-hydrogen) atoms. The van der Waals surface area contributed by atoms with Crippen molar-refractivity contribution in [2.45, 2.75) is 54.8 Å². The summed E-state index contributed by atoms with van der Waals surface area (Å²) in [7, 11) is -5.56. The van der Waals surface area contributed by atoms with E-state index in [4.69, 9.17) is 25.5 Å². The van der Waals surface area contributed by atoms with Gasteiger partial charge in [-0.3, -0.25) is 23.4 Å². The average molecular weight is 652 g/mol. The van der Waals surface area contributed by atoms with Crippen LogP contribution in [-0.2, 0) is 32.0 Å². The number of terminal acetylenes is 1. The van der Waals surface area contributed by atoms with Crippen molar-refractivity contribution in [2.75, 3.05) is 19.8 Å². The number of aromatic nitrogens is 2. The number of aliphatic hydroxyl groups excluding tert-OH is 6. The molecule has 0 amide bonds. The Kier molecular flexibility index (Phi) is 10.8. The monoisotopic (exact) mass is 652 g/mol. The largest absolute Gasteiger partial charge is 0.482 e. The van der Waals surface area contributed by atoms with Crippen molar-refractivity contribution in [3.05, 3.63) is 33.1 Å². The molecule has 0 saturated carbocycles. The highest BCUT2D eigenvalue weighted by Gasteiger charge is 2.58. The lowest BCUT2D eigenvalue weighted by atomic mass is 9.92. The maximum absolute atomic E-state index is 15.4. The summed E-state index contributed by atoms with van der Waals surface area (Å²) in [5, 5.41) is 59.6. The van der Waals surface area contributed by atoms with Crippen LogP contribution >= 0.6 is 26.9 Å². The normalized spacial score (nSPS) is 37.9. The number of hydrogen-bond acceptors (Lipinski definition) is 15. The van der Waals surface area contributed by atoms with Crippen molar-refractivity contribution in [1.82, 2.24) is 9.55 Å². The summed E-state index contributed by atoms with van der Waals surface area (Å²) in [5.74, 6) is 0.278. The van der Waals surface area contributed by atoms with E-state index in [0.29, 0.717) is 4.57 Å². The van der Waals surface area contributed by atoms with Crippen LogP contribution in [-0.4, -0.2) is 113 Å². The van der Waals surface area contributed by atoms with Gasteiger partial charge >= 0.3 is 20.3 Å². The summed E-state index contributed by atoms with van der Waals surface area (Å²) in [6.45, 7) is -7.58. The summed E-state index contributed by atoms with van der Waals surface area (Å²) in [6, 6.07) is 0.843. The van der Waals surface area contributed by atoms with Gasteiger partial charge in [0.2, 0.25) is 5.67 Å².